The van der Waals surface area contributed by atoms with E-state index in [-0.39, 0.29) is 6.04 Å². The number of aliphatic hydroxyl groups is 2. The number of rotatable bonds is 5. The molecule has 2 heterocycles. The zero-order valence-corrected chi connectivity index (χ0v) is 11.6. The van der Waals surface area contributed by atoms with Gasteiger partial charge in [0.1, 0.15) is 5.82 Å². The van der Waals surface area contributed by atoms with Crippen LogP contribution in [0.4, 0.5) is 5.82 Å². The Morgan fingerprint density at radius 2 is 2.05 bits per heavy atom. The zero-order chi connectivity index (χ0) is 13.8. The first-order valence-corrected chi connectivity index (χ1v) is 6.92. The van der Waals surface area contributed by atoms with E-state index in [0.717, 1.165) is 24.3 Å². The molecule has 0 saturated carbocycles. The SMILES string of the molecule is CCCNC(C)c1ccc(N2CC(O)C(O)C2)nc1. The smallest absolute Gasteiger partial charge is 0.128 e. The van der Waals surface area contributed by atoms with E-state index in [1.165, 1.54) is 0 Å². The predicted octanol–water partition coefficient (Wildman–Crippen LogP) is 0.684. The molecule has 1 saturated heterocycles. The van der Waals surface area contributed by atoms with Gasteiger partial charge < -0.3 is 20.4 Å². The molecule has 5 heteroatoms. The number of hydrogen-bond acceptors (Lipinski definition) is 5. The highest BCUT2D eigenvalue weighted by Crippen LogP contribution is 2.20. The molecule has 1 aliphatic heterocycles. The average molecular weight is 265 g/mol. The van der Waals surface area contributed by atoms with Crippen LogP contribution >= 0.6 is 0 Å². The molecule has 0 aromatic carbocycles. The molecule has 0 aliphatic carbocycles. The van der Waals surface area contributed by atoms with Crippen LogP contribution in [0.3, 0.4) is 0 Å². The van der Waals surface area contributed by atoms with E-state index in [1.807, 2.05) is 23.2 Å². The van der Waals surface area contributed by atoms with Gasteiger partial charge in [0.05, 0.1) is 12.2 Å². The van der Waals surface area contributed by atoms with E-state index in [0.29, 0.717) is 13.1 Å². The van der Waals surface area contributed by atoms with Crippen LogP contribution in [0.5, 0.6) is 0 Å². The predicted molar refractivity (Wildman–Crippen MR) is 75.2 cm³/mol. The molecule has 19 heavy (non-hydrogen) atoms. The van der Waals surface area contributed by atoms with Crippen LogP contribution in [-0.4, -0.2) is 47.0 Å². The topological polar surface area (TPSA) is 68.6 Å². The molecule has 1 aromatic rings. The molecular formula is C14H23N3O2. The Bertz CT molecular complexity index is 386. The molecule has 5 nitrogen and oxygen atoms in total. The van der Waals surface area contributed by atoms with Crippen molar-refractivity contribution in [2.75, 3.05) is 24.5 Å². The van der Waals surface area contributed by atoms with Gasteiger partial charge in [-0.05, 0) is 31.5 Å². The number of nitrogens with one attached hydrogen (secondary N) is 1. The van der Waals surface area contributed by atoms with Crippen LogP contribution < -0.4 is 10.2 Å². The van der Waals surface area contributed by atoms with Gasteiger partial charge in [-0.3, -0.25) is 0 Å². The number of anilines is 1. The molecule has 3 atom stereocenters. The third-order valence-corrected chi connectivity index (χ3v) is 3.55. The van der Waals surface area contributed by atoms with Gasteiger partial charge in [0.15, 0.2) is 0 Å². The van der Waals surface area contributed by atoms with Crippen molar-refractivity contribution in [2.24, 2.45) is 0 Å². The Hall–Kier alpha value is -1.17. The quantitative estimate of drug-likeness (QED) is 0.730. The summed E-state index contributed by atoms with van der Waals surface area (Å²) in [5.74, 6) is 0.807. The van der Waals surface area contributed by atoms with Crippen LogP contribution in [0.2, 0.25) is 0 Å². The molecule has 0 bridgehead atoms. The number of aromatic nitrogens is 1. The maximum Gasteiger partial charge on any atom is 0.128 e. The minimum absolute atomic E-state index is 0.288. The normalized spacial score (nSPS) is 24.7. The molecule has 3 unspecified atom stereocenters. The van der Waals surface area contributed by atoms with Crippen molar-refractivity contribution in [1.82, 2.24) is 10.3 Å². The summed E-state index contributed by atoms with van der Waals surface area (Å²) in [5.41, 5.74) is 1.15. The van der Waals surface area contributed by atoms with E-state index in [2.05, 4.69) is 24.1 Å². The maximum absolute atomic E-state index is 9.54. The molecule has 1 fully saturated rings. The molecule has 1 aliphatic rings. The molecule has 2 rings (SSSR count). The number of β-amino-alcohol motifs (C(OH)–C–C–N with tert-alkyl or cyclic N) is 2. The largest absolute Gasteiger partial charge is 0.389 e. The number of aliphatic hydroxyl groups excluding tert-OH is 2. The summed E-state index contributed by atoms with van der Waals surface area (Å²) in [5, 5.41) is 22.5. The molecule has 0 spiro atoms. The number of pyridine rings is 1. The summed E-state index contributed by atoms with van der Waals surface area (Å²) in [6.45, 7) is 6.14. The van der Waals surface area contributed by atoms with Gasteiger partial charge in [-0.25, -0.2) is 4.98 Å². The summed E-state index contributed by atoms with van der Waals surface area (Å²) in [4.78, 5) is 6.33. The molecule has 0 radical (unpaired) electrons. The van der Waals surface area contributed by atoms with Crippen LogP contribution in [0.15, 0.2) is 18.3 Å². The van der Waals surface area contributed by atoms with Crippen molar-refractivity contribution in [2.45, 2.75) is 38.5 Å². The average Bonchev–Trinajstić information content (AvgIpc) is 2.76. The van der Waals surface area contributed by atoms with E-state index in [4.69, 9.17) is 0 Å². The fourth-order valence-corrected chi connectivity index (χ4v) is 2.28. The van der Waals surface area contributed by atoms with Crippen LogP contribution in [-0.2, 0) is 0 Å². The molecule has 106 valence electrons. The highest BCUT2D eigenvalue weighted by Gasteiger charge is 2.30. The molecule has 1 aromatic heterocycles. The lowest BCUT2D eigenvalue weighted by molar-refractivity contribution is 0.0572. The lowest BCUT2D eigenvalue weighted by Crippen LogP contribution is -2.23. The molecular weight excluding hydrogens is 242 g/mol. The summed E-state index contributed by atoms with van der Waals surface area (Å²) in [6.07, 6.45) is 1.62. The fraction of sp³-hybridized carbons (Fsp3) is 0.643. The highest BCUT2D eigenvalue weighted by atomic mass is 16.3. The summed E-state index contributed by atoms with van der Waals surface area (Å²) in [6, 6.07) is 4.29. The van der Waals surface area contributed by atoms with E-state index >= 15 is 0 Å². The number of hydrogen-bond donors (Lipinski definition) is 3. The Morgan fingerprint density at radius 1 is 1.37 bits per heavy atom. The Balaban J connectivity index is 1.98. The lowest BCUT2D eigenvalue weighted by atomic mass is 10.1. The highest BCUT2D eigenvalue weighted by molar-refractivity contribution is 5.41. The van der Waals surface area contributed by atoms with Crippen LogP contribution in [0.1, 0.15) is 31.9 Å². The zero-order valence-electron chi connectivity index (χ0n) is 11.6. The van der Waals surface area contributed by atoms with Gasteiger partial charge in [0, 0.05) is 25.3 Å². The first-order chi connectivity index (χ1) is 9.11. The summed E-state index contributed by atoms with van der Waals surface area (Å²) < 4.78 is 0. The maximum atomic E-state index is 9.54. The lowest BCUT2D eigenvalue weighted by Gasteiger charge is -2.18. The third-order valence-electron chi connectivity index (χ3n) is 3.55. The molecule has 0 amide bonds. The van der Waals surface area contributed by atoms with Crippen LogP contribution in [0.25, 0.3) is 0 Å². The van der Waals surface area contributed by atoms with Gasteiger partial charge >= 0.3 is 0 Å². The Morgan fingerprint density at radius 3 is 2.58 bits per heavy atom. The summed E-state index contributed by atoms with van der Waals surface area (Å²) >= 11 is 0. The van der Waals surface area contributed by atoms with Crippen molar-refractivity contribution in [3.8, 4) is 0 Å². The van der Waals surface area contributed by atoms with Crippen molar-refractivity contribution in [3.63, 3.8) is 0 Å². The van der Waals surface area contributed by atoms with Gasteiger partial charge in [0.25, 0.3) is 0 Å². The van der Waals surface area contributed by atoms with Crippen molar-refractivity contribution >= 4 is 5.82 Å². The first kappa shape index (κ1) is 14.2. The van der Waals surface area contributed by atoms with Gasteiger partial charge in [-0.1, -0.05) is 13.0 Å². The Kier molecular flexibility index (Phi) is 4.74. The summed E-state index contributed by atoms with van der Waals surface area (Å²) in [7, 11) is 0. The minimum atomic E-state index is -0.674. The van der Waals surface area contributed by atoms with E-state index in [9.17, 15) is 10.2 Å². The second kappa shape index (κ2) is 6.32. The van der Waals surface area contributed by atoms with Crippen LogP contribution in [0, 0.1) is 0 Å². The monoisotopic (exact) mass is 265 g/mol. The van der Waals surface area contributed by atoms with Crippen molar-refractivity contribution in [3.05, 3.63) is 23.9 Å². The van der Waals surface area contributed by atoms with Gasteiger partial charge in [0.2, 0.25) is 0 Å². The second-order valence-corrected chi connectivity index (χ2v) is 5.17. The first-order valence-electron chi connectivity index (χ1n) is 6.92. The standard InChI is InChI=1S/C14H23N3O2/c1-3-6-15-10(2)11-4-5-14(16-7-11)17-8-12(18)13(19)9-17/h4-5,7,10,12-13,15,18-19H,3,6,8-9H2,1-2H3. The minimum Gasteiger partial charge on any atom is -0.389 e. The fourth-order valence-electron chi connectivity index (χ4n) is 2.28. The molecule has 3 N–H and O–H groups in total. The van der Waals surface area contributed by atoms with E-state index < -0.39 is 12.2 Å². The second-order valence-electron chi connectivity index (χ2n) is 5.17. The van der Waals surface area contributed by atoms with Gasteiger partial charge in [-0.15, -0.1) is 0 Å². The van der Waals surface area contributed by atoms with E-state index in [1.54, 1.807) is 0 Å². The van der Waals surface area contributed by atoms with Crippen molar-refractivity contribution < 1.29 is 10.2 Å². The third kappa shape index (κ3) is 3.43. The number of nitrogens with zero attached hydrogens (tertiary/aromatic N) is 2. The van der Waals surface area contributed by atoms with Gasteiger partial charge in [-0.2, -0.15) is 0 Å². The Labute approximate surface area is 114 Å². The van der Waals surface area contributed by atoms with Crippen molar-refractivity contribution in [1.29, 1.82) is 0 Å².